The second-order valence-electron chi connectivity index (χ2n) is 8.85. The van der Waals surface area contributed by atoms with Crippen LogP contribution in [0, 0.1) is 0 Å². The first-order valence-electron chi connectivity index (χ1n) is 10.6. The summed E-state index contributed by atoms with van der Waals surface area (Å²) in [6.07, 6.45) is 7.96. The minimum absolute atomic E-state index is 0. The van der Waals surface area contributed by atoms with Crippen molar-refractivity contribution in [2.24, 2.45) is 4.99 Å². The largest absolute Gasteiger partial charge is 0.357 e. The van der Waals surface area contributed by atoms with Gasteiger partial charge in [0.1, 0.15) is 6.54 Å². The van der Waals surface area contributed by atoms with Gasteiger partial charge in [-0.25, -0.2) is 4.99 Å². The summed E-state index contributed by atoms with van der Waals surface area (Å²) >= 11 is 0. The number of rotatable bonds is 5. The van der Waals surface area contributed by atoms with Crippen molar-refractivity contribution in [1.82, 2.24) is 25.7 Å². The maximum absolute atomic E-state index is 5.36. The summed E-state index contributed by atoms with van der Waals surface area (Å²) in [4.78, 5) is 11.8. The van der Waals surface area contributed by atoms with E-state index in [0.29, 0.717) is 24.3 Å². The van der Waals surface area contributed by atoms with Gasteiger partial charge in [-0.15, -0.1) is 24.0 Å². The van der Waals surface area contributed by atoms with Gasteiger partial charge in [0.15, 0.2) is 11.8 Å². The van der Waals surface area contributed by atoms with Crippen molar-refractivity contribution in [3.8, 4) is 0 Å². The van der Waals surface area contributed by atoms with Gasteiger partial charge < -0.3 is 20.1 Å². The highest BCUT2D eigenvalue weighted by atomic mass is 127. The molecule has 160 valence electrons. The fourth-order valence-corrected chi connectivity index (χ4v) is 3.96. The first-order chi connectivity index (χ1) is 13.0. The molecule has 0 radical (unpaired) electrons. The van der Waals surface area contributed by atoms with E-state index in [2.05, 4.69) is 58.4 Å². The third-order valence-electron chi connectivity index (χ3n) is 5.54. The lowest BCUT2D eigenvalue weighted by molar-refractivity contribution is 0.150. The van der Waals surface area contributed by atoms with Crippen molar-refractivity contribution in [2.45, 2.75) is 90.3 Å². The molecule has 3 rings (SSSR count). The number of piperidine rings is 1. The molecule has 1 saturated heterocycles. The average molecular weight is 504 g/mol. The SMILES string of the molecule is CCNC(=NCc1noc(C(C)(C)C)n1)NC1CCN(C2CCCC2)CC1.I. The van der Waals surface area contributed by atoms with Gasteiger partial charge >= 0.3 is 0 Å². The normalized spacial score (nSPS) is 20.2. The Morgan fingerprint density at radius 2 is 1.86 bits per heavy atom. The van der Waals surface area contributed by atoms with Gasteiger partial charge in [-0.2, -0.15) is 4.98 Å². The molecular weight excluding hydrogens is 467 g/mol. The molecule has 0 atom stereocenters. The predicted molar refractivity (Wildman–Crippen MR) is 123 cm³/mol. The number of aromatic nitrogens is 2. The lowest BCUT2D eigenvalue weighted by Gasteiger charge is -2.36. The van der Waals surface area contributed by atoms with Gasteiger partial charge in [0, 0.05) is 37.1 Å². The van der Waals surface area contributed by atoms with Crippen molar-refractivity contribution in [3.05, 3.63) is 11.7 Å². The molecule has 1 aliphatic heterocycles. The third-order valence-corrected chi connectivity index (χ3v) is 5.54. The Balaban J connectivity index is 0.00000280. The van der Waals surface area contributed by atoms with Crippen molar-refractivity contribution in [2.75, 3.05) is 19.6 Å². The molecule has 1 aromatic heterocycles. The Bertz CT molecular complexity index is 612. The van der Waals surface area contributed by atoms with E-state index < -0.39 is 0 Å². The number of likely N-dealkylation sites (tertiary alicyclic amines) is 1. The van der Waals surface area contributed by atoms with E-state index in [1.807, 2.05) is 0 Å². The molecule has 2 N–H and O–H groups in total. The van der Waals surface area contributed by atoms with Crippen LogP contribution in [0.25, 0.3) is 0 Å². The van der Waals surface area contributed by atoms with Crippen LogP contribution in [0.4, 0.5) is 0 Å². The summed E-state index contributed by atoms with van der Waals surface area (Å²) in [5, 5.41) is 11.0. The van der Waals surface area contributed by atoms with Crippen LogP contribution in [0.3, 0.4) is 0 Å². The maximum atomic E-state index is 5.36. The van der Waals surface area contributed by atoms with Crippen LogP contribution in [-0.2, 0) is 12.0 Å². The first kappa shape index (κ1) is 23.4. The van der Waals surface area contributed by atoms with E-state index in [0.717, 1.165) is 18.5 Å². The molecular formula is C20H37IN6O. The zero-order valence-electron chi connectivity index (χ0n) is 17.8. The van der Waals surface area contributed by atoms with E-state index in [1.165, 1.54) is 51.6 Å². The molecule has 1 saturated carbocycles. The second kappa shape index (κ2) is 10.8. The number of halogens is 1. The number of aliphatic imine (C=N–C) groups is 1. The molecule has 2 heterocycles. The van der Waals surface area contributed by atoms with Gasteiger partial charge in [0.05, 0.1) is 0 Å². The number of nitrogens with zero attached hydrogens (tertiary/aromatic N) is 4. The molecule has 0 aromatic carbocycles. The van der Waals surface area contributed by atoms with Crippen LogP contribution in [0.2, 0.25) is 0 Å². The van der Waals surface area contributed by atoms with Gasteiger partial charge in [-0.1, -0.05) is 38.8 Å². The van der Waals surface area contributed by atoms with Crippen LogP contribution in [0.15, 0.2) is 9.52 Å². The zero-order valence-corrected chi connectivity index (χ0v) is 20.2. The number of hydrogen-bond acceptors (Lipinski definition) is 5. The summed E-state index contributed by atoms with van der Waals surface area (Å²) in [6.45, 7) is 11.9. The highest BCUT2D eigenvalue weighted by Crippen LogP contribution is 2.26. The molecule has 0 amide bonds. The van der Waals surface area contributed by atoms with E-state index >= 15 is 0 Å². The van der Waals surface area contributed by atoms with E-state index in [-0.39, 0.29) is 29.4 Å². The van der Waals surface area contributed by atoms with Crippen molar-refractivity contribution >= 4 is 29.9 Å². The van der Waals surface area contributed by atoms with Gasteiger partial charge in [0.2, 0.25) is 5.89 Å². The third kappa shape index (κ3) is 6.57. The van der Waals surface area contributed by atoms with Gasteiger partial charge in [-0.05, 0) is 32.6 Å². The Morgan fingerprint density at radius 1 is 1.18 bits per heavy atom. The van der Waals surface area contributed by atoms with Crippen molar-refractivity contribution in [1.29, 1.82) is 0 Å². The topological polar surface area (TPSA) is 78.6 Å². The molecule has 2 aliphatic rings. The molecule has 1 aliphatic carbocycles. The quantitative estimate of drug-likeness (QED) is 0.364. The minimum atomic E-state index is -0.134. The molecule has 7 nitrogen and oxygen atoms in total. The summed E-state index contributed by atoms with van der Waals surface area (Å²) < 4.78 is 5.36. The second-order valence-corrected chi connectivity index (χ2v) is 8.85. The molecule has 28 heavy (non-hydrogen) atoms. The molecule has 0 unspecified atom stereocenters. The maximum Gasteiger partial charge on any atom is 0.232 e. The molecule has 0 bridgehead atoms. The van der Waals surface area contributed by atoms with Crippen LogP contribution in [0.1, 0.15) is 77.9 Å². The number of guanidine groups is 1. The standard InChI is InChI=1S/C20H36N6O.HI/c1-5-21-19(22-14-17-24-18(27-25-17)20(2,3)4)23-15-10-12-26(13-11-15)16-8-6-7-9-16;/h15-16H,5-14H2,1-4H3,(H2,21,22,23);1H. The zero-order chi connectivity index (χ0) is 19.3. The Kier molecular flexibility index (Phi) is 8.98. The fourth-order valence-electron chi connectivity index (χ4n) is 3.96. The van der Waals surface area contributed by atoms with Gasteiger partial charge in [0.25, 0.3) is 0 Å². The summed E-state index contributed by atoms with van der Waals surface area (Å²) in [5.74, 6) is 2.14. The van der Waals surface area contributed by atoms with Crippen LogP contribution in [0.5, 0.6) is 0 Å². The van der Waals surface area contributed by atoms with E-state index in [1.54, 1.807) is 0 Å². The Labute approximate surface area is 186 Å². The van der Waals surface area contributed by atoms with E-state index in [4.69, 9.17) is 4.52 Å². The van der Waals surface area contributed by atoms with Crippen molar-refractivity contribution < 1.29 is 4.52 Å². The lowest BCUT2D eigenvalue weighted by atomic mass is 9.97. The molecule has 1 aromatic rings. The highest BCUT2D eigenvalue weighted by Gasteiger charge is 2.27. The average Bonchev–Trinajstić information content (AvgIpc) is 3.32. The van der Waals surface area contributed by atoms with E-state index in [9.17, 15) is 0 Å². The summed E-state index contributed by atoms with van der Waals surface area (Å²) in [6, 6.07) is 1.32. The lowest BCUT2D eigenvalue weighted by Crippen LogP contribution is -2.50. The summed E-state index contributed by atoms with van der Waals surface area (Å²) in [5.41, 5.74) is -0.134. The number of nitrogens with one attached hydrogen (secondary N) is 2. The molecule has 2 fully saturated rings. The Hall–Kier alpha value is -0.900. The highest BCUT2D eigenvalue weighted by molar-refractivity contribution is 14.0. The van der Waals surface area contributed by atoms with Crippen LogP contribution < -0.4 is 10.6 Å². The predicted octanol–water partition coefficient (Wildman–Crippen LogP) is 3.45. The minimum Gasteiger partial charge on any atom is -0.357 e. The fraction of sp³-hybridized carbons (Fsp3) is 0.850. The number of hydrogen-bond donors (Lipinski definition) is 2. The van der Waals surface area contributed by atoms with Crippen LogP contribution in [-0.4, -0.2) is 52.7 Å². The summed E-state index contributed by atoms with van der Waals surface area (Å²) in [7, 11) is 0. The monoisotopic (exact) mass is 504 g/mol. The van der Waals surface area contributed by atoms with Gasteiger partial charge in [-0.3, -0.25) is 0 Å². The smallest absolute Gasteiger partial charge is 0.232 e. The van der Waals surface area contributed by atoms with Crippen molar-refractivity contribution in [3.63, 3.8) is 0 Å². The first-order valence-corrected chi connectivity index (χ1v) is 10.6. The molecule has 0 spiro atoms. The van der Waals surface area contributed by atoms with Crippen LogP contribution >= 0.6 is 24.0 Å². The molecule has 8 heteroatoms. The Morgan fingerprint density at radius 3 is 2.43 bits per heavy atom.